The Balaban J connectivity index is 1.55. The van der Waals surface area contributed by atoms with Crippen LogP contribution in [0.3, 0.4) is 0 Å². The zero-order chi connectivity index (χ0) is 20.4. The molecule has 1 amide bonds. The van der Waals surface area contributed by atoms with E-state index in [-0.39, 0.29) is 18.1 Å². The average molecular weight is 392 g/mol. The lowest BCUT2D eigenvalue weighted by Gasteiger charge is -2.36. The van der Waals surface area contributed by atoms with Gasteiger partial charge in [0.1, 0.15) is 11.5 Å². The standard InChI is InChI=1S/C21H24N6O2/c1-13-8-22-20(27-11-14(2)29-15(3)12-27)7-19(13)26-21(28)18-6-4-5-17(25-18)16-9-23-24-10-16/h4-10,14-15H,11-12H2,1-3H3,(H,23,24)(H,22,26,28)/t14-,15+. The van der Waals surface area contributed by atoms with Crippen LogP contribution in [0.4, 0.5) is 11.5 Å². The molecule has 4 rings (SSSR count). The van der Waals surface area contributed by atoms with E-state index in [1.807, 2.05) is 25.1 Å². The minimum absolute atomic E-state index is 0.134. The second-order valence-corrected chi connectivity index (χ2v) is 7.37. The molecule has 150 valence electrons. The monoisotopic (exact) mass is 392 g/mol. The van der Waals surface area contributed by atoms with Gasteiger partial charge >= 0.3 is 0 Å². The van der Waals surface area contributed by atoms with Gasteiger partial charge in [-0.3, -0.25) is 9.89 Å². The van der Waals surface area contributed by atoms with Crippen molar-refractivity contribution in [2.24, 2.45) is 0 Å². The van der Waals surface area contributed by atoms with Crippen LogP contribution in [0.15, 0.2) is 42.9 Å². The van der Waals surface area contributed by atoms with E-state index in [1.54, 1.807) is 24.7 Å². The number of pyridine rings is 2. The Hall–Kier alpha value is -3.26. The number of hydrogen-bond acceptors (Lipinski definition) is 6. The molecule has 4 heterocycles. The van der Waals surface area contributed by atoms with Crippen LogP contribution in [0, 0.1) is 6.92 Å². The quantitative estimate of drug-likeness (QED) is 0.708. The number of nitrogens with zero attached hydrogens (tertiary/aromatic N) is 4. The van der Waals surface area contributed by atoms with E-state index < -0.39 is 0 Å². The van der Waals surface area contributed by atoms with Gasteiger partial charge < -0.3 is 15.0 Å². The first kappa shape index (κ1) is 19.1. The summed E-state index contributed by atoms with van der Waals surface area (Å²) in [5.74, 6) is 0.562. The van der Waals surface area contributed by atoms with E-state index in [1.165, 1.54) is 0 Å². The molecule has 8 heteroatoms. The van der Waals surface area contributed by atoms with Gasteiger partial charge in [-0.2, -0.15) is 5.10 Å². The zero-order valence-electron chi connectivity index (χ0n) is 16.7. The van der Waals surface area contributed by atoms with E-state index in [4.69, 9.17) is 4.74 Å². The summed E-state index contributed by atoms with van der Waals surface area (Å²) in [7, 11) is 0. The van der Waals surface area contributed by atoms with Crippen molar-refractivity contribution in [3.05, 3.63) is 54.1 Å². The van der Waals surface area contributed by atoms with Gasteiger partial charge in [0.15, 0.2) is 0 Å². The maximum absolute atomic E-state index is 12.8. The number of ether oxygens (including phenoxy) is 1. The highest BCUT2D eigenvalue weighted by Gasteiger charge is 2.23. The zero-order valence-corrected chi connectivity index (χ0v) is 16.7. The van der Waals surface area contributed by atoms with Crippen molar-refractivity contribution in [1.29, 1.82) is 0 Å². The minimum atomic E-state index is -0.265. The summed E-state index contributed by atoms with van der Waals surface area (Å²) in [6.07, 6.45) is 5.47. The Labute approximate surface area is 169 Å². The average Bonchev–Trinajstić information content (AvgIpc) is 3.24. The van der Waals surface area contributed by atoms with Crippen LogP contribution in [0.2, 0.25) is 0 Å². The fourth-order valence-electron chi connectivity index (χ4n) is 3.48. The van der Waals surface area contributed by atoms with Gasteiger partial charge in [0.25, 0.3) is 5.91 Å². The third-order valence-corrected chi connectivity index (χ3v) is 4.86. The minimum Gasteiger partial charge on any atom is -0.372 e. The summed E-state index contributed by atoms with van der Waals surface area (Å²) in [6.45, 7) is 7.56. The molecule has 3 aromatic heterocycles. The van der Waals surface area contributed by atoms with Crippen LogP contribution in [0.1, 0.15) is 29.9 Å². The Morgan fingerprint density at radius 2 is 2.03 bits per heavy atom. The molecule has 2 atom stereocenters. The first-order valence-electron chi connectivity index (χ1n) is 9.64. The summed E-state index contributed by atoms with van der Waals surface area (Å²) >= 11 is 0. The molecular weight excluding hydrogens is 368 g/mol. The number of aromatic amines is 1. The van der Waals surface area contributed by atoms with E-state index in [9.17, 15) is 4.79 Å². The summed E-state index contributed by atoms with van der Waals surface area (Å²) < 4.78 is 5.80. The molecule has 1 aliphatic rings. The number of carbonyl (C=O) groups is 1. The summed E-state index contributed by atoms with van der Waals surface area (Å²) in [5.41, 5.74) is 3.48. The van der Waals surface area contributed by atoms with Gasteiger partial charge in [0.05, 0.1) is 24.1 Å². The van der Waals surface area contributed by atoms with Gasteiger partial charge in [0, 0.05) is 42.8 Å². The fraction of sp³-hybridized carbons (Fsp3) is 0.333. The topological polar surface area (TPSA) is 96.0 Å². The van der Waals surface area contributed by atoms with Crippen molar-refractivity contribution < 1.29 is 9.53 Å². The van der Waals surface area contributed by atoms with Crippen molar-refractivity contribution >= 4 is 17.4 Å². The van der Waals surface area contributed by atoms with Crippen LogP contribution in [-0.2, 0) is 4.74 Å². The fourth-order valence-corrected chi connectivity index (χ4v) is 3.48. The molecule has 0 radical (unpaired) electrons. The van der Waals surface area contributed by atoms with Gasteiger partial charge in [0.2, 0.25) is 0 Å². The van der Waals surface area contributed by atoms with Crippen molar-refractivity contribution in [3.63, 3.8) is 0 Å². The molecule has 3 aromatic rings. The number of H-pyrrole nitrogens is 1. The van der Waals surface area contributed by atoms with Gasteiger partial charge in [-0.25, -0.2) is 9.97 Å². The Kier molecular flexibility index (Phi) is 5.26. The predicted octanol–water partition coefficient (Wildman–Crippen LogP) is 3.04. The van der Waals surface area contributed by atoms with Crippen molar-refractivity contribution in [3.8, 4) is 11.3 Å². The molecule has 8 nitrogen and oxygen atoms in total. The van der Waals surface area contributed by atoms with Crippen molar-refractivity contribution in [1.82, 2.24) is 20.2 Å². The highest BCUT2D eigenvalue weighted by molar-refractivity contribution is 6.03. The van der Waals surface area contributed by atoms with Crippen LogP contribution in [-0.4, -0.2) is 51.4 Å². The van der Waals surface area contributed by atoms with E-state index in [0.717, 1.165) is 35.7 Å². The first-order valence-corrected chi connectivity index (χ1v) is 9.64. The van der Waals surface area contributed by atoms with Crippen molar-refractivity contribution in [2.45, 2.75) is 33.0 Å². The number of hydrogen-bond donors (Lipinski definition) is 2. The SMILES string of the molecule is Cc1cnc(N2C[C@@H](C)O[C@@H](C)C2)cc1NC(=O)c1cccc(-c2cn[nH]c2)n1. The number of rotatable bonds is 4. The van der Waals surface area contributed by atoms with Gasteiger partial charge in [-0.15, -0.1) is 0 Å². The highest BCUT2D eigenvalue weighted by atomic mass is 16.5. The van der Waals surface area contributed by atoms with E-state index in [2.05, 4.69) is 44.2 Å². The molecule has 0 spiro atoms. The molecule has 0 saturated carbocycles. The summed E-state index contributed by atoms with van der Waals surface area (Å²) in [5, 5.41) is 9.67. The molecule has 29 heavy (non-hydrogen) atoms. The van der Waals surface area contributed by atoms with Gasteiger partial charge in [-0.1, -0.05) is 6.07 Å². The largest absolute Gasteiger partial charge is 0.372 e. The van der Waals surface area contributed by atoms with Crippen LogP contribution < -0.4 is 10.2 Å². The Morgan fingerprint density at radius 3 is 2.76 bits per heavy atom. The molecule has 2 N–H and O–H groups in total. The second-order valence-electron chi connectivity index (χ2n) is 7.37. The molecule has 1 saturated heterocycles. The normalized spacial score (nSPS) is 19.2. The van der Waals surface area contributed by atoms with Crippen molar-refractivity contribution in [2.75, 3.05) is 23.3 Å². The molecule has 0 bridgehead atoms. The predicted molar refractivity (Wildman–Crippen MR) is 111 cm³/mol. The molecular formula is C21H24N6O2. The number of morpholine rings is 1. The van der Waals surface area contributed by atoms with E-state index >= 15 is 0 Å². The molecule has 0 unspecified atom stereocenters. The number of anilines is 2. The smallest absolute Gasteiger partial charge is 0.274 e. The van der Waals surface area contributed by atoms with Gasteiger partial charge in [-0.05, 0) is 38.5 Å². The maximum atomic E-state index is 12.8. The molecule has 1 aliphatic heterocycles. The highest BCUT2D eigenvalue weighted by Crippen LogP contribution is 2.24. The number of amides is 1. The molecule has 0 aliphatic carbocycles. The number of aromatic nitrogens is 4. The second kappa shape index (κ2) is 8.00. The van der Waals surface area contributed by atoms with Crippen LogP contribution >= 0.6 is 0 Å². The van der Waals surface area contributed by atoms with Crippen LogP contribution in [0.5, 0.6) is 0 Å². The van der Waals surface area contributed by atoms with E-state index in [0.29, 0.717) is 11.4 Å². The maximum Gasteiger partial charge on any atom is 0.274 e. The number of carbonyl (C=O) groups excluding carboxylic acids is 1. The summed E-state index contributed by atoms with van der Waals surface area (Å²) in [4.78, 5) is 24.0. The van der Waals surface area contributed by atoms with Crippen LogP contribution in [0.25, 0.3) is 11.3 Å². The lowest BCUT2D eigenvalue weighted by Crippen LogP contribution is -2.45. The number of aryl methyl sites for hydroxylation is 1. The Bertz CT molecular complexity index is 994. The first-order chi connectivity index (χ1) is 14.0. The summed E-state index contributed by atoms with van der Waals surface area (Å²) in [6, 6.07) is 7.27. The lowest BCUT2D eigenvalue weighted by molar-refractivity contribution is -0.00545. The third-order valence-electron chi connectivity index (χ3n) is 4.86. The molecule has 1 fully saturated rings. The Morgan fingerprint density at radius 1 is 1.24 bits per heavy atom. The lowest BCUT2D eigenvalue weighted by atomic mass is 10.2. The number of nitrogens with one attached hydrogen (secondary N) is 2. The third kappa shape index (κ3) is 4.27. The molecule has 0 aromatic carbocycles.